The van der Waals surface area contributed by atoms with Gasteiger partial charge in [0, 0.05) is 11.8 Å². The summed E-state index contributed by atoms with van der Waals surface area (Å²) in [6.45, 7) is 1.87. The van der Waals surface area contributed by atoms with E-state index in [1.807, 2.05) is 18.4 Å². The van der Waals surface area contributed by atoms with Crippen LogP contribution in [0, 0.1) is 6.92 Å². The number of pyridine rings is 1. The number of fused-ring (bicyclic) bond motifs is 1. The molecule has 0 atom stereocenters. The molecule has 2 aromatic rings. The fraction of sp³-hybridized carbons (Fsp3) is 0.125. The van der Waals surface area contributed by atoms with Gasteiger partial charge in [0.1, 0.15) is 5.75 Å². The molecule has 0 radical (unpaired) electrons. The second kappa shape index (κ2) is 2.20. The summed E-state index contributed by atoms with van der Waals surface area (Å²) in [6, 6.07) is 3.59. The van der Waals surface area contributed by atoms with Gasteiger partial charge in [0.15, 0.2) is 0 Å². The smallest absolute Gasteiger partial charge is 0.136 e. The Morgan fingerprint density at radius 3 is 3.18 bits per heavy atom. The van der Waals surface area contributed by atoms with Crippen LogP contribution in [0.15, 0.2) is 17.5 Å². The molecule has 0 unspecified atom stereocenters. The van der Waals surface area contributed by atoms with Gasteiger partial charge in [0.2, 0.25) is 0 Å². The minimum atomic E-state index is 0.336. The number of nitrogens with zero attached hydrogens (tertiary/aromatic N) is 1. The maximum Gasteiger partial charge on any atom is 0.136 e. The summed E-state index contributed by atoms with van der Waals surface area (Å²) in [5.41, 5.74) is 1.74. The van der Waals surface area contributed by atoms with Crippen molar-refractivity contribution < 1.29 is 5.11 Å². The van der Waals surface area contributed by atoms with Crippen LogP contribution >= 0.6 is 11.3 Å². The highest BCUT2D eigenvalue weighted by molar-refractivity contribution is 7.17. The summed E-state index contributed by atoms with van der Waals surface area (Å²) < 4.78 is 0.871. The third kappa shape index (κ3) is 0.973. The average Bonchev–Trinajstić information content (AvgIpc) is 2.34. The molecule has 3 heteroatoms. The lowest BCUT2D eigenvalue weighted by Gasteiger charge is -1.95. The van der Waals surface area contributed by atoms with Crippen molar-refractivity contribution in [2.75, 3.05) is 0 Å². The van der Waals surface area contributed by atoms with Gasteiger partial charge in [0.05, 0.1) is 10.2 Å². The molecule has 2 nitrogen and oxygen atoms in total. The molecule has 0 aliphatic rings. The first-order valence-electron chi connectivity index (χ1n) is 3.31. The first kappa shape index (κ1) is 6.61. The second-order valence-corrected chi connectivity index (χ2v) is 3.33. The van der Waals surface area contributed by atoms with Crippen molar-refractivity contribution in [1.82, 2.24) is 4.98 Å². The third-order valence-electron chi connectivity index (χ3n) is 1.52. The molecular weight excluding hydrogens is 158 g/mol. The highest BCUT2D eigenvalue weighted by Crippen LogP contribution is 2.28. The molecule has 0 aliphatic carbocycles. The van der Waals surface area contributed by atoms with Crippen molar-refractivity contribution in [3.8, 4) is 5.75 Å². The number of aromatic hydroxyl groups is 1. The molecule has 0 fully saturated rings. The van der Waals surface area contributed by atoms with Crippen LogP contribution in [0.25, 0.3) is 10.2 Å². The highest BCUT2D eigenvalue weighted by atomic mass is 32.1. The Hall–Kier alpha value is -1.09. The minimum absolute atomic E-state index is 0.336. The van der Waals surface area contributed by atoms with Gasteiger partial charge in [0.25, 0.3) is 0 Å². The molecule has 56 valence electrons. The summed E-state index contributed by atoms with van der Waals surface area (Å²) in [4.78, 5) is 4.25. The number of aromatic nitrogens is 1. The zero-order valence-electron chi connectivity index (χ0n) is 6.03. The van der Waals surface area contributed by atoms with Crippen LogP contribution in [0.2, 0.25) is 0 Å². The predicted molar refractivity (Wildman–Crippen MR) is 46.0 cm³/mol. The molecule has 0 saturated heterocycles. The standard InChI is InChI=1S/C8H7NOS/c1-5-4-7(10)8-6(9-5)2-3-11-8/h2-4H,1H3,(H,9,10). The van der Waals surface area contributed by atoms with E-state index >= 15 is 0 Å². The van der Waals surface area contributed by atoms with E-state index in [4.69, 9.17) is 0 Å². The van der Waals surface area contributed by atoms with Gasteiger partial charge in [-0.15, -0.1) is 11.3 Å². The van der Waals surface area contributed by atoms with E-state index in [-0.39, 0.29) is 0 Å². The summed E-state index contributed by atoms with van der Waals surface area (Å²) in [5, 5.41) is 11.3. The Balaban J connectivity index is 2.91. The molecular formula is C8H7NOS. The molecule has 2 rings (SSSR count). The molecule has 0 aliphatic heterocycles. The van der Waals surface area contributed by atoms with E-state index in [2.05, 4.69) is 4.98 Å². The third-order valence-corrected chi connectivity index (χ3v) is 2.45. The Morgan fingerprint density at radius 2 is 2.36 bits per heavy atom. The van der Waals surface area contributed by atoms with Gasteiger partial charge >= 0.3 is 0 Å². The lowest BCUT2D eigenvalue weighted by molar-refractivity contribution is 0.481. The fourth-order valence-corrected chi connectivity index (χ4v) is 1.82. The lowest BCUT2D eigenvalue weighted by Crippen LogP contribution is -1.78. The molecule has 0 spiro atoms. The Morgan fingerprint density at radius 1 is 1.55 bits per heavy atom. The van der Waals surface area contributed by atoms with E-state index in [0.29, 0.717) is 5.75 Å². The number of aryl methyl sites for hydroxylation is 1. The van der Waals surface area contributed by atoms with Gasteiger partial charge in [-0.1, -0.05) is 0 Å². The zero-order chi connectivity index (χ0) is 7.84. The maximum atomic E-state index is 9.41. The number of rotatable bonds is 0. The van der Waals surface area contributed by atoms with E-state index in [1.54, 1.807) is 6.07 Å². The van der Waals surface area contributed by atoms with Gasteiger partial charge in [-0.25, -0.2) is 0 Å². The van der Waals surface area contributed by atoms with Crippen LogP contribution < -0.4 is 0 Å². The Kier molecular flexibility index (Phi) is 1.32. The van der Waals surface area contributed by atoms with Crippen LogP contribution in [0.5, 0.6) is 5.75 Å². The minimum Gasteiger partial charge on any atom is -0.506 e. The van der Waals surface area contributed by atoms with Gasteiger partial charge in [-0.05, 0) is 18.4 Å². The van der Waals surface area contributed by atoms with Gasteiger partial charge in [-0.3, -0.25) is 4.98 Å². The second-order valence-electron chi connectivity index (χ2n) is 2.42. The topological polar surface area (TPSA) is 33.1 Å². The monoisotopic (exact) mass is 165 g/mol. The quantitative estimate of drug-likeness (QED) is 0.649. The van der Waals surface area contributed by atoms with E-state index in [1.165, 1.54) is 11.3 Å². The first-order chi connectivity index (χ1) is 5.27. The normalized spacial score (nSPS) is 10.6. The molecule has 0 amide bonds. The summed E-state index contributed by atoms with van der Waals surface area (Å²) in [5.74, 6) is 0.336. The van der Waals surface area contributed by atoms with Crippen LogP contribution in [0.4, 0.5) is 0 Å². The summed E-state index contributed by atoms with van der Waals surface area (Å²) in [7, 11) is 0. The molecule has 2 aromatic heterocycles. The molecule has 2 heterocycles. The lowest BCUT2D eigenvalue weighted by atomic mass is 10.3. The first-order valence-corrected chi connectivity index (χ1v) is 4.19. The molecule has 11 heavy (non-hydrogen) atoms. The zero-order valence-corrected chi connectivity index (χ0v) is 6.85. The van der Waals surface area contributed by atoms with Crippen molar-refractivity contribution in [1.29, 1.82) is 0 Å². The van der Waals surface area contributed by atoms with E-state index < -0.39 is 0 Å². The Bertz CT molecular complexity index is 394. The van der Waals surface area contributed by atoms with Crippen LogP contribution in [-0.4, -0.2) is 10.1 Å². The van der Waals surface area contributed by atoms with Crippen LogP contribution in [0.3, 0.4) is 0 Å². The number of hydrogen-bond donors (Lipinski definition) is 1. The molecule has 1 N–H and O–H groups in total. The summed E-state index contributed by atoms with van der Waals surface area (Å²) in [6.07, 6.45) is 0. The van der Waals surface area contributed by atoms with E-state index in [9.17, 15) is 5.11 Å². The highest BCUT2D eigenvalue weighted by Gasteiger charge is 2.02. The Labute approximate surface area is 68.1 Å². The van der Waals surface area contributed by atoms with Gasteiger partial charge in [-0.2, -0.15) is 0 Å². The number of hydrogen-bond acceptors (Lipinski definition) is 3. The summed E-state index contributed by atoms with van der Waals surface area (Å²) >= 11 is 1.51. The van der Waals surface area contributed by atoms with E-state index in [0.717, 1.165) is 15.9 Å². The van der Waals surface area contributed by atoms with Gasteiger partial charge < -0.3 is 5.11 Å². The number of thiophene rings is 1. The van der Waals surface area contributed by atoms with Crippen molar-refractivity contribution in [2.45, 2.75) is 6.92 Å². The van der Waals surface area contributed by atoms with Crippen molar-refractivity contribution in [3.63, 3.8) is 0 Å². The molecule has 0 bridgehead atoms. The van der Waals surface area contributed by atoms with Crippen LogP contribution in [-0.2, 0) is 0 Å². The SMILES string of the molecule is Cc1cc(O)c2sccc2n1. The fourth-order valence-electron chi connectivity index (χ4n) is 1.07. The van der Waals surface area contributed by atoms with Crippen molar-refractivity contribution >= 4 is 21.6 Å². The average molecular weight is 165 g/mol. The van der Waals surface area contributed by atoms with Crippen LogP contribution in [0.1, 0.15) is 5.69 Å². The molecule has 0 saturated carbocycles. The molecule has 0 aromatic carbocycles. The largest absolute Gasteiger partial charge is 0.506 e. The maximum absolute atomic E-state index is 9.41. The van der Waals surface area contributed by atoms with Crippen molar-refractivity contribution in [2.24, 2.45) is 0 Å². The predicted octanol–water partition coefficient (Wildman–Crippen LogP) is 2.31. The van der Waals surface area contributed by atoms with Crippen molar-refractivity contribution in [3.05, 3.63) is 23.2 Å².